The van der Waals surface area contributed by atoms with Gasteiger partial charge in [0.2, 0.25) is 0 Å². The van der Waals surface area contributed by atoms with E-state index in [2.05, 4.69) is 33.5 Å². The van der Waals surface area contributed by atoms with E-state index >= 15 is 0 Å². The van der Waals surface area contributed by atoms with Crippen molar-refractivity contribution in [1.82, 2.24) is 19.7 Å². The van der Waals surface area contributed by atoms with Crippen LogP contribution in [0.5, 0.6) is 17.2 Å². The van der Waals surface area contributed by atoms with Crippen molar-refractivity contribution in [3.05, 3.63) is 53.9 Å². The molecule has 0 fully saturated rings. The molecule has 166 valence electrons. The largest absolute Gasteiger partial charge is 0.507 e. The molecule has 2 aromatic carbocycles. The Labute approximate surface area is 188 Å². The molecule has 1 heterocycles. The zero-order chi connectivity index (χ0) is 22.4. The third-order valence-electron chi connectivity index (χ3n) is 4.70. The van der Waals surface area contributed by atoms with Crippen molar-refractivity contribution in [1.29, 1.82) is 0 Å². The van der Waals surface area contributed by atoms with Gasteiger partial charge in [-0.1, -0.05) is 37.7 Å². The molecule has 0 amide bonds. The lowest BCUT2D eigenvalue weighted by Gasteiger charge is -2.19. The third-order valence-corrected chi connectivity index (χ3v) is 6.06. The fourth-order valence-corrected chi connectivity index (χ4v) is 4.06. The van der Waals surface area contributed by atoms with Crippen molar-refractivity contribution in [2.45, 2.75) is 32.1 Å². The lowest BCUT2D eigenvalue weighted by molar-refractivity contribution is 0.301. The fraction of sp³-hybridized carbons (Fsp3) is 0.391. The minimum Gasteiger partial charge on any atom is -0.507 e. The molecule has 0 aliphatic heterocycles. The third kappa shape index (κ3) is 5.92. The van der Waals surface area contributed by atoms with Crippen molar-refractivity contribution in [2.24, 2.45) is 5.92 Å². The van der Waals surface area contributed by atoms with Crippen molar-refractivity contribution >= 4 is 11.8 Å². The number of rotatable bonds is 10. The zero-order valence-electron chi connectivity index (χ0n) is 18.7. The number of nitrogens with zero attached hydrogens (tertiary/aromatic N) is 4. The fourth-order valence-electron chi connectivity index (χ4n) is 3.14. The van der Waals surface area contributed by atoms with Crippen molar-refractivity contribution in [2.75, 3.05) is 27.0 Å². The Morgan fingerprint density at radius 2 is 1.77 bits per heavy atom. The number of aromatic nitrogens is 3. The molecule has 31 heavy (non-hydrogen) atoms. The predicted molar refractivity (Wildman–Crippen MR) is 123 cm³/mol. The molecule has 0 saturated carbocycles. The molecule has 0 aliphatic rings. The molecule has 7 nitrogen and oxygen atoms in total. The maximum atomic E-state index is 10.3. The first kappa shape index (κ1) is 23.0. The molecule has 0 radical (unpaired) electrons. The SMILES string of the molecule is COc1cccc(-n2c(CN(C)Cc3ccc(OC)cc3O)nnc2SCC(C)C)c1. The van der Waals surface area contributed by atoms with E-state index in [4.69, 9.17) is 9.47 Å². The van der Waals surface area contributed by atoms with Crippen LogP contribution in [0, 0.1) is 5.92 Å². The molecule has 3 rings (SSSR count). The van der Waals surface area contributed by atoms with Gasteiger partial charge in [-0.05, 0) is 31.2 Å². The summed E-state index contributed by atoms with van der Waals surface area (Å²) in [7, 11) is 5.24. The van der Waals surface area contributed by atoms with Gasteiger partial charge in [0, 0.05) is 30.0 Å². The summed E-state index contributed by atoms with van der Waals surface area (Å²) in [5, 5.41) is 20.1. The molecule has 1 aromatic heterocycles. The Balaban J connectivity index is 1.86. The van der Waals surface area contributed by atoms with Gasteiger partial charge in [-0.2, -0.15) is 0 Å². The Morgan fingerprint density at radius 1 is 1.03 bits per heavy atom. The van der Waals surface area contributed by atoms with E-state index in [0.29, 0.717) is 24.8 Å². The zero-order valence-corrected chi connectivity index (χ0v) is 19.5. The van der Waals surface area contributed by atoms with Gasteiger partial charge >= 0.3 is 0 Å². The van der Waals surface area contributed by atoms with Gasteiger partial charge in [0.1, 0.15) is 17.2 Å². The number of phenols is 1. The first-order valence-corrected chi connectivity index (χ1v) is 11.2. The van der Waals surface area contributed by atoms with Crippen LogP contribution in [0.25, 0.3) is 5.69 Å². The quantitative estimate of drug-likeness (QED) is 0.467. The van der Waals surface area contributed by atoms with E-state index in [9.17, 15) is 5.11 Å². The van der Waals surface area contributed by atoms with Gasteiger partial charge < -0.3 is 14.6 Å². The summed E-state index contributed by atoms with van der Waals surface area (Å²) in [6.45, 7) is 5.51. The van der Waals surface area contributed by atoms with Crippen molar-refractivity contribution in [3.63, 3.8) is 0 Å². The molecule has 0 unspecified atom stereocenters. The van der Waals surface area contributed by atoms with Gasteiger partial charge in [-0.15, -0.1) is 10.2 Å². The highest BCUT2D eigenvalue weighted by Crippen LogP contribution is 2.28. The van der Waals surface area contributed by atoms with Crippen LogP contribution in [0.4, 0.5) is 0 Å². The van der Waals surface area contributed by atoms with E-state index in [1.807, 2.05) is 43.4 Å². The second-order valence-corrected chi connectivity index (χ2v) is 8.79. The second kappa shape index (κ2) is 10.5. The van der Waals surface area contributed by atoms with Crippen LogP contribution >= 0.6 is 11.8 Å². The molecule has 3 aromatic rings. The molecule has 1 N–H and O–H groups in total. The summed E-state index contributed by atoms with van der Waals surface area (Å²) >= 11 is 1.70. The maximum Gasteiger partial charge on any atom is 0.195 e. The summed E-state index contributed by atoms with van der Waals surface area (Å²) in [4.78, 5) is 2.10. The maximum absolute atomic E-state index is 10.3. The van der Waals surface area contributed by atoms with Crippen LogP contribution in [0.2, 0.25) is 0 Å². The minimum atomic E-state index is 0.216. The lowest BCUT2D eigenvalue weighted by atomic mass is 10.2. The number of methoxy groups -OCH3 is 2. The second-order valence-electron chi connectivity index (χ2n) is 7.81. The van der Waals surface area contributed by atoms with Gasteiger partial charge in [0.05, 0.1) is 26.5 Å². The normalized spacial score (nSPS) is 11.3. The highest BCUT2D eigenvalue weighted by Gasteiger charge is 2.18. The van der Waals surface area contributed by atoms with E-state index < -0.39 is 0 Å². The smallest absolute Gasteiger partial charge is 0.195 e. The van der Waals surface area contributed by atoms with E-state index in [-0.39, 0.29) is 5.75 Å². The summed E-state index contributed by atoms with van der Waals surface area (Å²) in [6, 6.07) is 13.3. The van der Waals surface area contributed by atoms with Crippen LogP contribution < -0.4 is 9.47 Å². The number of hydrogen-bond acceptors (Lipinski definition) is 7. The van der Waals surface area contributed by atoms with E-state index in [1.54, 1.807) is 32.0 Å². The monoisotopic (exact) mass is 442 g/mol. The van der Waals surface area contributed by atoms with Crippen LogP contribution in [-0.4, -0.2) is 51.8 Å². The topological polar surface area (TPSA) is 72.6 Å². The van der Waals surface area contributed by atoms with Gasteiger partial charge in [0.25, 0.3) is 0 Å². The van der Waals surface area contributed by atoms with Crippen molar-refractivity contribution < 1.29 is 14.6 Å². The molecular weight excluding hydrogens is 412 g/mol. The standard InChI is InChI=1S/C23H30N4O3S/c1-16(2)15-31-23-25-24-22(27(23)18-7-6-8-19(11-18)29-4)14-26(3)13-17-9-10-20(30-5)12-21(17)28/h6-12,16,28H,13-15H2,1-5H3. The summed E-state index contributed by atoms with van der Waals surface area (Å²) in [6.07, 6.45) is 0. The van der Waals surface area contributed by atoms with E-state index in [1.165, 1.54) is 0 Å². The number of benzene rings is 2. The molecule has 0 spiro atoms. The first-order chi connectivity index (χ1) is 14.9. The lowest BCUT2D eigenvalue weighted by Crippen LogP contribution is -2.20. The summed E-state index contributed by atoms with van der Waals surface area (Å²) in [5.74, 6) is 3.97. The van der Waals surface area contributed by atoms with Gasteiger partial charge in [0.15, 0.2) is 11.0 Å². The summed E-state index contributed by atoms with van der Waals surface area (Å²) in [5.41, 5.74) is 1.79. The average molecular weight is 443 g/mol. The highest BCUT2D eigenvalue weighted by molar-refractivity contribution is 7.99. The molecule has 0 aliphatic carbocycles. The molecule has 0 saturated heterocycles. The number of ether oxygens (including phenoxy) is 2. The molecule has 0 bridgehead atoms. The van der Waals surface area contributed by atoms with Crippen LogP contribution in [0.3, 0.4) is 0 Å². The Kier molecular flexibility index (Phi) is 7.81. The van der Waals surface area contributed by atoms with Gasteiger partial charge in [-0.25, -0.2) is 0 Å². The van der Waals surface area contributed by atoms with Crippen LogP contribution in [0.15, 0.2) is 47.6 Å². The number of hydrogen-bond donors (Lipinski definition) is 1. The van der Waals surface area contributed by atoms with Gasteiger partial charge in [-0.3, -0.25) is 9.47 Å². The first-order valence-electron chi connectivity index (χ1n) is 10.2. The number of aromatic hydroxyl groups is 1. The Bertz CT molecular complexity index is 1010. The highest BCUT2D eigenvalue weighted by atomic mass is 32.2. The average Bonchev–Trinajstić information content (AvgIpc) is 3.15. The minimum absolute atomic E-state index is 0.216. The summed E-state index contributed by atoms with van der Waals surface area (Å²) < 4.78 is 12.7. The number of thioether (sulfide) groups is 1. The van der Waals surface area contributed by atoms with E-state index in [0.717, 1.165) is 33.7 Å². The molecular formula is C23H30N4O3S. The van der Waals surface area contributed by atoms with Crippen LogP contribution in [-0.2, 0) is 13.1 Å². The van der Waals surface area contributed by atoms with Crippen LogP contribution in [0.1, 0.15) is 25.2 Å². The molecule has 8 heteroatoms. The number of phenolic OH excluding ortho intramolecular Hbond substituents is 1. The Hall–Kier alpha value is -2.71. The predicted octanol–water partition coefficient (Wildman–Crippen LogP) is 4.37. The molecule has 0 atom stereocenters. The Morgan fingerprint density at radius 3 is 2.45 bits per heavy atom. The van der Waals surface area contributed by atoms with Crippen molar-refractivity contribution in [3.8, 4) is 22.9 Å².